The number of carbonyl (C=O) groups excluding carboxylic acids is 1. The largest absolute Gasteiger partial charge is 0.486 e. The van der Waals surface area contributed by atoms with Crippen molar-refractivity contribution in [2.24, 2.45) is 5.16 Å². The highest BCUT2D eigenvalue weighted by atomic mass is 35.5. The van der Waals surface area contributed by atoms with E-state index in [-0.39, 0.29) is 18.2 Å². The van der Waals surface area contributed by atoms with E-state index in [0.29, 0.717) is 31.9 Å². The lowest BCUT2D eigenvalue weighted by Gasteiger charge is -2.14. The van der Waals surface area contributed by atoms with Crippen LogP contribution in [-0.2, 0) is 16.2 Å². The summed E-state index contributed by atoms with van der Waals surface area (Å²) in [6, 6.07) is 10.2. The van der Waals surface area contributed by atoms with Gasteiger partial charge in [-0.1, -0.05) is 64.2 Å². The van der Waals surface area contributed by atoms with Crippen molar-refractivity contribution in [2.45, 2.75) is 6.61 Å². The summed E-state index contributed by atoms with van der Waals surface area (Å²) in [6.07, 6.45) is 0. The summed E-state index contributed by atoms with van der Waals surface area (Å²) in [5.41, 5.74) is 1.42. The van der Waals surface area contributed by atoms with Crippen LogP contribution in [0.2, 0.25) is 15.1 Å². The molecule has 25 heavy (non-hydrogen) atoms. The van der Waals surface area contributed by atoms with E-state index in [0.717, 1.165) is 0 Å². The van der Waals surface area contributed by atoms with Crippen molar-refractivity contribution < 1.29 is 14.4 Å². The van der Waals surface area contributed by atoms with E-state index in [1.54, 1.807) is 30.3 Å². The van der Waals surface area contributed by atoms with E-state index in [2.05, 4.69) is 10.5 Å². The van der Waals surface area contributed by atoms with Gasteiger partial charge in [-0.3, -0.25) is 4.79 Å². The smallest absolute Gasteiger partial charge is 0.273 e. The molecule has 0 fully saturated rings. The molecule has 2 rings (SSSR count). The van der Waals surface area contributed by atoms with Crippen molar-refractivity contribution in [1.82, 2.24) is 5.32 Å². The van der Waals surface area contributed by atoms with Crippen molar-refractivity contribution >= 4 is 46.4 Å². The third-order valence-corrected chi connectivity index (χ3v) is 4.01. The molecular formula is C17H15Cl3N2O3. The molecule has 0 radical (unpaired) electrons. The van der Waals surface area contributed by atoms with Crippen LogP contribution in [-0.4, -0.2) is 25.8 Å². The van der Waals surface area contributed by atoms with Crippen molar-refractivity contribution in [3.63, 3.8) is 0 Å². The monoisotopic (exact) mass is 400 g/mol. The van der Waals surface area contributed by atoms with Crippen LogP contribution in [0.4, 0.5) is 0 Å². The van der Waals surface area contributed by atoms with Crippen LogP contribution < -0.4 is 10.1 Å². The number of nitrogens with zero attached hydrogens (tertiary/aromatic N) is 1. The number of amides is 1. The Morgan fingerprint density at radius 1 is 1.16 bits per heavy atom. The minimum atomic E-state index is -0.378. The minimum absolute atomic E-state index is 0.122. The highest BCUT2D eigenvalue weighted by Gasteiger charge is 2.18. The Kier molecular flexibility index (Phi) is 6.93. The van der Waals surface area contributed by atoms with E-state index in [9.17, 15) is 4.79 Å². The van der Waals surface area contributed by atoms with Crippen LogP contribution in [0.3, 0.4) is 0 Å². The molecule has 0 spiro atoms. The number of halogens is 3. The maximum atomic E-state index is 12.1. The predicted molar refractivity (Wildman–Crippen MR) is 99.9 cm³/mol. The molecule has 0 unspecified atom stereocenters. The molecule has 2 aromatic rings. The molecule has 1 N–H and O–H groups in total. The van der Waals surface area contributed by atoms with Gasteiger partial charge in [0, 0.05) is 17.6 Å². The Hall–Kier alpha value is -1.95. The second-order valence-corrected chi connectivity index (χ2v) is 6.10. The topological polar surface area (TPSA) is 59.9 Å². The van der Waals surface area contributed by atoms with Gasteiger partial charge in [0.15, 0.2) is 11.5 Å². The Morgan fingerprint density at radius 3 is 2.40 bits per heavy atom. The molecular weight excluding hydrogens is 387 g/mol. The summed E-state index contributed by atoms with van der Waals surface area (Å²) in [7, 11) is 2.88. The maximum absolute atomic E-state index is 12.1. The first kappa shape index (κ1) is 19.4. The quantitative estimate of drug-likeness (QED) is 0.579. The second kappa shape index (κ2) is 8.94. The lowest BCUT2D eigenvalue weighted by molar-refractivity contribution is -0.114. The maximum Gasteiger partial charge on any atom is 0.273 e. The van der Waals surface area contributed by atoms with Gasteiger partial charge in [0.25, 0.3) is 5.91 Å². The van der Waals surface area contributed by atoms with Crippen LogP contribution in [0.1, 0.15) is 11.1 Å². The average Bonchev–Trinajstić information content (AvgIpc) is 2.58. The predicted octanol–water partition coefficient (Wildman–Crippen LogP) is 4.32. The highest BCUT2D eigenvalue weighted by molar-refractivity contribution is 6.45. The molecule has 0 saturated carbocycles. The molecule has 0 aliphatic carbocycles. The van der Waals surface area contributed by atoms with Crippen molar-refractivity contribution in [3.8, 4) is 5.75 Å². The van der Waals surface area contributed by atoms with Crippen molar-refractivity contribution in [3.05, 3.63) is 62.6 Å². The van der Waals surface area contributed by atoms with Gasteiger partial charge in [0.05, 0.1) is 10.0 Å². The van der Waals surface area contributed by atoms with Gasteiger partial charge in [0.2, 0.25) is 0 Å². The zero-order valence-electron chi connectivity index (χ0n) is 13.5. The summed E-state index contributed by atoms with van der Waals surface area (Å²) in [5.74, 6) is -0.0652. The zero-order chi connectivity index (χ0) is 18.4. The summed E-state index contributed by atoms with van der Waals surface area (Å²) in [5, 5.41) is 7.34. The van der Waals surface area contributed by atoms with Gasteiger partial charge in [-0.2, -0.15) is 0 Å². The first-order chi connectivity index (χ1) is 12.0. The number of benzene rings is 2. The second-order valence-electron chi connectivity index (χ2n) is 4.85. The van der Waals surface area contributed by atoms with Crippen LogP contribution in [0.25, 0.3) is 0 Å². The molecule has 2 aromatic carbocycles. The highest BCUT2D eigenvalue weighted by Crippen LogP contribution is 2.36. The van der Waals surface area contributed by atoms with E-state index in [1.807, 2.05) is 6.07 Å². The summed E-state index contributed by atoms with van der Waals surface area (Å²) >= 11 is 18.1. The molecule has 1 amide bonds. The van der Waals surface area contributed by atoms with Gasteiger partial charge in [0.1, 0.15) is 13.7 Å². The Balaban J connectivity index is 2.33. The van der Waals surface area contributed by atoms with Crippen molar-refractivity contribution in [1.29, 1.82) is 0 Å². The summed E-state index contributed by atoms with van der Waals surface area (Å²) in [6.45, 7) is 0.122. The van der Waals surface area contributed by atoms with Gasteiger partial charge in [-0.05, 0) is 17.7 Å². The van der Waals surface area contributed by atoms with Crippen molar-refractivity contribution in [2.75, 3.05) is 14.2 Å². The van der Waals surface area contributed by atoms with Gasteiger partial charge in [-0.25, -0.2) is 0 Å². The van der Waals surface area contributed by atoms with Gasteiger partial charge < -0.3 is 14.9 Å². The zero-order valence-corrected chi connectivity index (χ0v) is 15.7. The minimum Gasteiger partial charge on any atom is -0.486 e. The molecule has 0 aliphatic rings. The lowest BCUT2D eigenvalue weighted by atomic mass is 10.0. The number of ether oxygens (including phenoxy) is 1. The van der Waals surface area contributed by atoms with E-state index in [1.165, 1.54) is 14.2 Å². The molecule has 132 valence electrons. The number of rotatable bonds is 6. The SMILES string of the molecule is CNC(=O)/C(=N\OC)c1ccccc1COc1c(Cl)cc(Cl)cc1Cl. The van der Waals surface area contributed by atoms with E-state index in [4.69, 9.17) is 44.4 Å². The van der Waals surface area contributed by atoms with Gasteiger partial charge >= 0.3 is 0 Å². The molecule has 8 heteroatoms. The number of nitrogens with one attached hydrogen (secondary N) is 1. The Morgan fingerprint density at radius 2 is 1.80 bits per heavy atom. The lowest BCUT2D eigenvalue weighted by Crippen LogP contribution is -2.29. The Labute approximate surface area is 160 Å². The molecule has 0 saturated heterocycles. The molecule has 0 atom stereocenters. The average molecular weight is 402 g/mol. The molecule has 0 aromatic heterocycles. The Bertz CT molecular complexity index is 786. The van der Waals surface area contributed by atoms with Crippen LogP contribution in [0.5, 0.6) is 5.75 Å². The first-order valence-corrected chi connectivity index (χ1v) is 8.30. The molecule has 0 aliphatic heterocycles. The van der Waals surface area contributed by atoms with E-state index >= 15 is 0 Å². The third-order valence-electron chi connectivity index (χ3n) is 3.23. The molecule has 0 heterocycles. The number of oxime groups is 1. The summed E-state index contributed by atoms with van der Waals surface area (Å²) in [4.78, 5) is 16.8. The fourth-order valence-corrected chi connectivity index (χ4v) is 3.04. The number of likely N-dealkylation sites (N-methyl/N-ethyl adjacent to an activating group) is 1. The van der Waals surface area contributed by atoms with E-state index < -0.39 is 0 Å². The van der Waals surface area contributed by atoms with Crippen LogP contribution >= 0.6 is 34.8 Å². The van der Waals surface area contributed by atoms with Gasteiger partial charge in [-0.15, -0.1) is 0 Å². The number of hydrogen-bond acceptors (Lipinski definition) is 4. The first-order valence-electron chi connectivity index (χ1n) is 7.16. The summed E-state index contributed by atoms with van der Waals surface area (Å²) < 4.78 is 5.74. The molecule has 0 bridgehead atoms. The third kappa shape index (κ3) is 4.78. The standard InChI is InChI=1S/C17H15Cl3N2O3/c1-21-17(23)15(22-24-2)12-6-4-3-5-10(12)9-25-16-13(19)7-11(18)8-14(16)20/h3-8H,9H2,1-2H3,(H,21,23)/b22-15-. The fourth-order valence-electron chi connectivity index (χ4n) is 2.12. The number of hydrogen-bond donors (Lipinski definition) is 1. The van der Waals surface area contributed by atoms with Crippen LogP contribution in [0, 0.1) is 0 Å². The van der Waals surface area contributed by atoms with Crippen LogP contribution in [0.15, 0.2) is 41.6 Å². The normalized spacial score (nSPS) is 11.2. The molecule has 5 nitrogen and oxygen atoms in total. The fraction of sp³-hybridized carbons (Fsp3) is 0.176. The number of carbonyl (C=O) groups is 1.